The molecule has 0 aliphatic heterocycles. The van der Waals surface area contributed by atoms with Crippen LogP contribution in [0.5, 0.6) is 23.0 Å². The molecule has 13 aromatic rings. The van der Waals surface area contributed by atoms with Crippen molar-refractivity contribution in [1.82, 2.24) is 0 Å². The van der Waals surface area contributed by atoms with Gasteiger partial charge in [0.05, 0.1) is 37.8 Å². The van der Waals surface area contributed by atoms with Crippen LogP contribution in [-0.4, -0.2) is 26.4 Å². The van der Waals surface area contributed by atoms with Crippen molar-refractivity contribution in [1.29, 1.82) is 0 Å². The summed E-state index contributed by atoms with van der Waals surface area (Å²) in [6.45, 7) is 11.6. The number of fused-ring (bicyclic) bond motifs is 6. The van der Waals surface area contributed by atoms with Gasteiger partial charge in [-0.3, -0.25) is 0 Å². The first kappa shape index (κ1) is 54.0. The SMILES string of the molecule is CCCCOc1ccc(N(c2ccc(OCCCC)cc2)c2ccc3c4c(-c5ccccc5)c5c6cccc7c(N(c8ccc(OCCCC)cc8)c8ccc(OCCCC)cc8)ccc(c5c(-c5ccccc5)c4c4cccc2c43)c76)cc1. The molecule has 0 N–H and O–H groups in total. The van der Waals surface area contributed by atoms with Crippen molar-refractivity contribution in [2.24, 2.45) is 0 Å². The molecule has 84 heavy (non-hydrogen) atoms. The van der Waals surface area contributed by atoms with Crippen LogP contribution in [0.25, 0.3) is 86.9 Å². The van der Waals surface area contributed by atoms with Gasteiger partial charge in [-0.2, -0.15) is 0 Å². The Bertz CT molecular complexity index is 3890. The van der Waals surface area contributed by atoms with Crippen molar-refractivity contribution >= 4 is 98.8 Å². The van der Waals surface area contributed by atoms with Gasteiger partial charge in [-0.15, -0.1) is 0 Å². The van der Waals surface area contributed by atoms with Crippen LogP contribution in [0, 0.1) is 0 Å². The lowest BCUT2D eigenvalue weighted by Gasteiger charge is -2.27. The number of nitrogens with zero attached hydrogens (tertiary/aromatic N) is 2. The maximum absolute atomic E-state index is 6.21. The average molecular weight is 1100 g/mol. The van der Waals surface area contributed by atoms with Gasteiger partial charge in [0.25, 0.3) is 0 Å². The number of benzene rings is 11. The molecular weight excluding hydrogens is 1030 g/mol. The fourth-order valence-corrected chi connectivity index (χ4v) is 12.6. The van der Waals surface area contributed by atoms with E-state index in [4.69, 9.17) is 18.9 Å². The lowest BCUT2D eigenvalue weighted by atomic mass is 9.87. The van der Waals surface area contributed by atoms with Crippen LogP contribution in [0.4, 0.5) is 34.1 Å². The number of ether oxygens (including phenoxy) is 4. The first-order valence-electron chi connectivity index (χ1n) is 30.6. The molecule has 0 unspecified atom stereocenters. The van der Waals surface area contributed by atoms with E-state index in [1.807, 2.05) is 0 Å². The van der Waals surface area contributed by atoms with Crippen molar-refractivity contribution < 1.29 is 18.9 Å². The predicted octanol–water partition coefficient (Wildman–Crippen LogP) is 22.5. The van der Waals surface area contributed by atoms with Crippen molar-refractivity contribution in [3.05, 3.63) is 218 Å². The van der Waals surface area contributed by atoms with Crippen LogP contribution in [-0.2, 0) is 0 Å². The Balaban J connectivity index is 1.07. The molecule has 418 valence electrons. The maximum atomic E-state index is 6.21. The molecule has 0 saturated carbocycles. The molecule has 0 spiro atoms. The molecule has 0 fully saturated rings. The lowest BCUT2D eigenvalue weighted by molar-refractivity contribution is 0.309. The Hall–Kier alpha value is -9.26. The number of hydrogen-bond acceptors (Lipinski definition) is 6. The van der Waals surface area contributed by atoms with Gasteiger partial charge in [0.1, 0.15) is 23.0 Å². The van der Waals surface area contributed by atoms with E-state index in [1.165, 1.54) is 86.9 Å². The fraction of sp³-hybridized carbons (Fsp3) is 0.205. The first-order valence-corrected chi connectivity index (χ1v) is 30.6. The van der Waals surface area contributed by atoms with Gasteiger partial charge in [-0.05, 0) is 211 Å². The highest BCUT2D eigenvalue weighted by Gasteiger charge is 2.30. The standard InChI is InChI=1S/C78H72N2O4/c1-5-9-49-81-59-37-29-55(30-38-59)79(56-31-39-60(40-32-56)82-50-10-6-2)69-47-45-67-73-63(69)25-19-27-65(73)75-71(53-21-15-13-16-22-53)78-68-46-48-70(64-26-20-28-66(74(64)68)76(78)72(77(67)75)54-23-17-14-18-24-54)80(57-33-41-61(42-34-57)83-51-11-7-3)58-35-43-62(44-36-58)84-52-12-8-4/h13-48H,5-12,49-52H2,1-4H3. The molecule has 0 radical (unpaired) electrons. The van der Waals surface area contributed by atoms with Gasteiger partial charge in [-0.1, -0.05) is 163 Å². The normalized spacial score (nSPS) is 11.7. The predicted molar refractivity (Wildman–Crippen MR) is 356 cm³/mol. The van der Waals surface area contributed by atoms with Crippen molar-refractivity contribution in [3.8, 4) is 45.3 Å². The minimum atomic E-state index is 0.698. The molecule has 13 rings (SSSR count). The van der Waals surface area contributed by atoms with Crippen LogP contribution in [0.2, 0.25) is 0 Å². The van der Waals surface area contributed by atoms with Crippen LogP contribution in [0.1, 0.15) is 79.1 Å². The zero-order valence-corrected chi connectivity index (χ0v) is 48.8. The first-order chi connectivity index (χ1) is 41.6. The number of rotatable bonds is 24. The van der Waals surface area contributed by atoms with Crippen LogP contribution in [0.3, 0.4) is 0 Å². The van der Waals surface area contributed by atoms with E-state index in [9.17, 15) is 0 Å². The largest absolute Gasteiger partial charge is 0.494 e. The number of anilines is 6. The molecule has 6 heteroatoms. The van der Waals surface area contributed by atoms with E-state index in [1.54, 1.807) is 0 Å². The molecule has 0 atom stereocenters. The molecule has 0 aromatic heterocycles. The van der Waals surface area contributed by atoms with E-state index < -0.39 is 0 Å². The third-order valence-corrected chi connectivity index (χ3v) is 16.7. The van der Waals surface area contributed by atoms with Crippen LogP contribution in [0.15, 0.2) is 218 Å². The molecule has 0 heterocycles. The summed E-state index contributed by atoms with van der Waals surface area (Å²) in [5.41, 5.74) is 11.3. The molecule has 0 bridgehead atoms. The minimum Gasteiger partial charge on any atom is -0.494 e. The molecule has 0 amide bonds. The minimum absolute atomic E-state index is 0.698. The fourth-order valence-electron chi connectivity index (χ4n) is 12.6. The quantitative estimate of drug-likeness (QED) is 0.0562. The average Bonchev–Trinajstić information content (AvgIpc) is 1.56. The zero-order valence-electron chi connectivity index (χ0n) is 48.8. The Labute approximate surface area is 494 Å². The number of unbranched alkanes of at least 4 members (excludes halogenated alkanes) is 4. The van der Waals surface area contributed by atoms with Gasteiger partial charge >= 0.3 is 0 Å². The monoisotopic (exact) mass is 1100 g/mol. The third kappa shape index (κ3) is 10.1. The number of hydrogen-bond donors (Lipinski definition) is 0. The maximum Gasteiger partial charge on any atom is 0.119 e. The van der Waals surface area contributed by atoms with E-state index >= 15 is 0 Å². The van der Waals surface area contributed by atoms with Crippen LogP contribution >= 0.6 is 0 Å². The summed E-state index contributed by atoms with van der Waals surface area (Å²) in [4.78, 5) is 4.80. The molecular formula is C78H72N2O4. The molecule has 0 aliphatic rings. The van der Waals surface area contributed by atoms with E-state index in [2.05, 4.69) is 256 Å². The second-order valence-corrected chi connectivity index (χ2v) is 22.2. The van der Waals surface area contributed by atoms with Gasteiger partial charge < -0.3 is 28.7 Å². The molecule has 13 aromatic carbocycles. The summed E-state index contributed by atoms with van der Waals surface area (Å²) in [7, 11) is 0. The topological polar surface area (TPSA) is 43.4 Å². The molecule has 0 aliphatic carbocycles. The van der Waals surface area contributed by atoms with Gasteiger partial charge in [0.2, 0.25) is 0 Å². The highest BCUT2D eigenvalue weighted by atomic mass is 16.5. The van der Waals surface area contributed by atoms with E-state index in [0.29, 0.717) is 26.4 Å². The highest BCUT2D eigenvalue weighted by molar-refractivity contribution is 6.47. The smallest absolute Gasteiger partial charge is 0.119 e. The van der Waals surface area contributed by atoms with Crippen molar-refractivity contribution in [2.45, 2.75) is 79.1 Å². The van der Waals surface area contributed by atoms with E-state index in [0.717, 1.165) is 108 Å². The zero-order chi connectivity index (χ0) is 56.9. The summed E-state index contributed by atoms with van der Waals surface area (Å²) in [5.74, 6) is 3.50. The van der Waals surface area contributed by atoms with Crippen molar-refractivity contribution in [3.63, 3.8) is 0 Å². The summed E-state index contributed by atoms with van der Waals surface area (Å²) < 4.78 is 24.8. The van der Waals surface area contributed by atoms with Crippen molar-refractivity contribution in [2.75, 3.05) is 36.2 Å². The summed E-state index contributed by atoms with van der Waals surface area (Å²) in [6, 6.07) is 80.1. The summed E-state index contributed by atoms with van der Waals surface area (Å²) >= 11 is 0. The van der Waals surface area contributed by atoms with Gasteiger partial charge in [-0.25, -0.2) is 0 Å². The second kappa shape index (κ2) is 24.3. The Morgan fingerprint density at radius 2 is 0.524 bits per heavy atom. The molecule has 6 nitrogen and oxygen atoms in total. The van der Waals surface area contributed by atoms with E-state index in [-0.39, 0.29) is 0 Å². The highest BCUT2D eigenvalue weighted by Crippen LogP contribution is 2.58. The summed E-state index contributed by atoms with van der Waals surface area (Å²) in [5, 5.41) is 14.8. The Morgan fingerprint density at radius 3 is 0.810 bits per heavy atom. The third-order valence-electron chi connectivity index (χ3n) is 16.7. The molecule has 0 saturated heterocycles. The van der Waals surface area contributed by atoms with Gasteiger partial charge in [0, 0.05) is 33.5 Å². The lowest BCUT2D eigenvalue weighted by Crippen LogP contribution is -2.10. The summed E-state index contributed by atoms with van der Waals surface area (Å²) in [6.07, 6.45) is 8.41. The van der Waals surface area contributed by atoms with Crippen LogP contribution < -0.4 is 28.7 Å². The Kier molecular flexibility index (Phi) is 15.6. The Morgan fingerprint density at radius 1 is 0.250 bits per heavy atom. The van der Waals surface area contributed by atoms with Gasteiger partial charge in [0.15, 0.2) is 0 Å². The second-order valence-electron chi connectivity index (χ2n) is 22.2.